The fourth-order valence-electron chi connectivity index (χ4n) is 1.81. The maximum Gasteiger partial charge on any atom is 0.271 e. The Morgan fingerprint density at radius 1 is 1.50 bits per heavy atom. The average molecular weight is 244 g/mol. The molecule has 0 spiro atoms. The summed E-state index contributed by atoms with van der Waals surface area (Å²) in [5.74, 6) is 1.02. The highest BCUT2D eigenvalue weighted by Gasteiger charge is 2.15. The van der Waals surface area contributed by atoms with Crippen LogP contribution in [0.4, 0.5) is 5.82 Å². The van der Waals surface area contributed by atoms with Crippen molar-refractivity contribution in [1.29, 1.82) is 0 Å². The summed E-state index contributed by atoms with van der Waals surface area (Å²) in [5, 5.41) is 3.32. The van der Waals surface area contributed by atoms with Crippen LogP contribution in [-0.4, -0.2) is 16.0 Å². The third kappa shape index (κ3) is 2.98. The zero-order valence-corrected chi connectivity index (χ0v) is 10.6. The van der Waals surface area contributed by atoms with Crippen molar-refractivity contribution in [2.75, 3.05) is 5.32 Å². The van der Waals surface area contributed by atoms with E-state index in [1.54, 1.807) is 0 Å². The van der Waals surface area contributed by atoms with Crippen molar-refractivity contribution in [3.8, 4) is 0 Å². The Kier molecular flexibility index (Phi) is 4.80. The number of anilines is 1. The molecule has 0 aliphatic carbocycles. The van der Waals surface area contributed by atoms with E-state index in [1.807, 2.05) is 0 Å². The third-order valence-electron chi connectivity index (χ3n) is 2.92. The minimum absolute atomic E-state index is 0.125. The highest BCUT2D eigenvalue weighted by molar-refractivity contribution is 6.32. The molecule has 5 heteroatoms. The lowest BCUT2D eigenvalue weighted by atomic mass is 9.95. The van der Waals surface area contributed by atoms with Crippen LogP contribution in [0.25, 0.3) is 0 Å². The van der Waals surface area contributed by atoms with E-state index in [0.29, 0.717) is 11.7 Å². The van der Waals surface area contributed by atoms with Gasteiger partial charge in [-0.3, -0.25) is 4.79 Å². The summed E-state index contributed by atoms with van der Waals surface area (Å²) in [6.07, 6.45) is 3.53. The molecule has 0 amide bonds. The molecule has 0 radical (unpaired) electrons. The van der Waals surface area contributed by atoms with E-state index in [-0.39, 0.29) is 16.6 Å². The van der Waals surface area contributed by atoms with Gasteiger partial charge in [0.2, 0.25) is 0 Å². The minimum Gasteiger partial charge on any atom is -0.366 e. The Labute approximate surface area is 100 Å². The van der Waals surface area contributed by atoms with Gasteiger partial charge in [-0.05, 0) is 12.8 Å². The normalized spacial score (nSPS) is 12.8. The molecule has 1 unspecified atom stereocenters. The van der Waals surface area contributed by atoms with Crippen molar-refractivity contribution in [2.45, 2.75) is 39.7 Å². The molecule has 0 saturated heterocycles. The second-order valence-electron chi connectivity index (χ2n) is 3.90. The number of rotatable bonds is 5. The fourth-order valence-corrected chi connectivity index (χ4v) is 1.97. The van der Waals surface area contributed by atoms with Gasteiger partial charge in [0.25, 0.3) is 5.56 Å². The molecule has 0 saturated carbocycles. The van der Waals surface area contributed by atoms with Gasteiger partial charge in [-0.15, -0.1) is 0 Å². The lowest BCUT2D eigenvalue weighted by Crippen LogP contribution is -2.26. The summed E-state index contributed by atoms with van der Waals surface area (Å²) < 4.78 is 0. The van der Waals surface area contributed by atoms with Crippen LogP contribution in [-0.2, 0) is 0 Å². The topological polar surface area (TPSA) is 57.8 Å². The highest BCUT2D eigenvalue weighted by atomic mass is 35.5. The van der Waals surface area contributed by atoms with Crippen molar-refractivity contribution < 1.29 is 0 Å². The van der Waals surface area contributed by atoms with Crippen molar-refractivity contribution in [3.63, 3.8) is 0 Å². The smallest absolute Gasteiger partial charge is 0.271 e. The van der Waals surface area contributed by atoms with Crippen molar-refractivity contribution >= 4 is 17.4 Å². The number of hydrogen-bond acceptors (Lipinski definition) is 3. The molecule has 0 aliphatic rings. The zero-order chi connectivity index (χ0) is 12.1. The van der Waals surface area contributed by atoms with E-state index >= 15 is 0 Å². The fraction of sp³-hybridized carbons (Fsp3) is 0.636. The molecule has 0 aliphatic heterocycles. The number of aromatic nitrogens is 2. The van der Waals surface area contributed by atoms with Crippen LogP contribution in [0.15, 0.2) is 11.1 Å². The van der Waals surface area contributed by atoms with Gasteiger partial charge in [0.15, 0.2) is 5.82 Å². The molecule has 4 nitrogen and oxygen atoms in total. The van der Waals surface area contributed by atoms with E-state index in [4.69, 9.17) is 11.6 Å². The molecular weight excluding hydrogens is 226 g/mol. The van der Waals surface area contributed by atoms with Gasteiger partial charge in [0.05, 0.1) is 6.33 Å². The number of aromatic amines is 1. The minimum atomic E-state index is -0.309. The summed E-state index contributed by atoms with van der Waals surface area (Å²) in [5.41, 5.74) is -0.309. The van der Waals surface area contributed by atoms with Gasteiger partial charge in [-0.2, -0.15) is 0 Å². The van der Waals surface area contributed by atoms with Crippen molar-refractivity contribution in [1.82, 2.24) is 9.97 Å². The molecule has 90 valence electrons. The van der Waals surface area contributed by atoms with Gasteiger partial charge in [0.1, 0.15) is 5.02 Å². The number of H-pyrrole nitrogens is 1. The number of nitrogens with zero attached hydrogens (tertiary/aromatic N) is 1. The molecule has 1 heterocycles. The third-order valence-corrected chi connectivity index (χ3v) is 3.27. The standard InChI is InChI=1S/C11H18ClN3O/c1-4-8(5-2)7(3)15-10-9(12)11(16)14-6-13-10/h6-8H,4-5H2,1-3H3,(H2,13,14,15,16). The molecule has 0 fully saturated rings. The molecule has 0 bridgehead atoms. The largest absolute Gasteiger partial charge is 0.366 e. The summed E-state index contributed by atoms with van der Waals surface area (Å²) in [6.45, 7) is 6.38. The van der Waals surface area contributed by atoms with Gasteiger partial charge in [-0.25, -0.2) is 4.98 Å². The summed E-state index contributed by atoms with van der Waals surface area (Å²) in [4.78, 5) is 17.7. The molecule has 1 rings (SSSR count). The van der Waals surface area contributed by atoms with Crippen LogP contribution in [0.5, 0.6) is 0 Å². The predicted octanol–water partition coefficient (Wildman–Crippen LogP) is 2.66. The first-order valence-corrected chi connectivity index (χ1v) is 5.97. The zero-order valence-electron chi connectivity index (χ0n) is 9.88. The first-order valence-electron chi connectivity index (χ1n) is 5.59. The first kappa shape index (κ1) is 13.0. The monoisotopic (exact) mass is 243 g/mol. The van der Waals surface area contributed by atoms with Gasteiger partial charge in [-0.1, -0.05) is 38.3 Å². The first-order chi connectivity index (χ1) is 7.60. The van der Waals surface area contributed by atoms with E-state index < -0.39 is 0 Å². The lowest BCUT2D eigenvalue weighted by molar-refractivity contribution is 0.437. The maximum atomic E-state index is 11.3. The van der Waals surface area contributed by atoms with Crippen LogP contribution < -0.4 is 10.9 Å². The Morgan fingerprint density at radius 3 is 2.69 bits per heavy atom. The Hall–Kier alpha value is -1.03. The average Bonchev–Trinajstić information content (AvgIpc) is 2.26. The van der Waals surface area contributed by atoms with Crippen molar-refractivity contribution in [3.05, 3.63) is 21.7 Å². The Balaban J connectivity index is 2.80. The second-order valence-corrected chi connectivity index (χ2v) is 4.28. The highest BCUT2D eigenvalue weighted by Crippen LogP contribution is 2.19. The molecule has 1 aromatic heterocycles. The van der Waals surface area contributed by atoms with E-state index in [0.717, 1.165) is 12.8 Å². The van der Waals surface area contributed by atoms with Crippen molar-refractivity contribution in [2.24, 2.45) is 5.92 Å². The van der Waals surface area contributed by atoms with Crippen LogP contribution in [0.3, 0.4) is 0 Å². The van der Waals surface area contributed by atoms with Crippen LogP contribution in [0.2, 0.25) is 5.02 Å². The quantitative estimate of drug-likeness (QED) is 0.836. The number of halogens is 1. The number of hydrogen-bond donors (Lipinski definition) is 2. The molecule has 2 N–H and O–H groups in total. The van der Waals surface area contributed by atoms with Crippen LogP contribution in [0.1, 0.15) is 33.6 Å². The summed E-state index contributed by atoms with van der Waals surface area (Å²) in [7, 11) is 0. The molecule has 16 heavy (non-hydrogen) atoms. The molecule has 1 aromatic rings. The van der Waals surface area contributed by atoms with Gasteiger partial charge >= 0.3 is 0 Å². The molecule has 1 atom stereocenters. The van der Waals surface area contributed by atoms with E-state index in [9.17, 15) is 4.79 Å². The Morgan fingerprint density at radius 2 is 2.12 bits per heavy atom. The molecular formula is C11H18ClN3O. The van der Waals surface area contributed by atoms with E-state index in [2.05, 4.69) is 36.1 Å². The predicted molar refractivity (Wildman–Crippen MR) is 67.0 cm³/mol. The van der Waals surface area contributed by atoms with E-state index in [1.165, 1.54) is 6.33 Å². The SMILES string of the molecule is CCC(CC)C(C)Nc1nc[nH]c(=O)c1Cl. The number of nitrogens with one attached hydrogen (secondary N) is 2. The van der Waals surface area contributed by atoms with Gasteiger partial charge < -0.3 is 10.3 Å². The van der Waals surface area contributed by atoms with Crippen LogP contribution >= 0.6 is 11.6 Å². The summed E-state index contributed by atoms with van der Waals surface area (Å²) >= 11 is 5.86. The second kappa shape index (κ2) is 5.89. The maximum absolute atomic E-state index is 11.3. The lowest BCUT2D eigenvalue weighted by Gasteiger charge is -2.23. The Bertz CT molecular complexity index is 387. The van der Waals surface area contributed by atoms with Crippen LogP contribution in [0, 0.1) is 5.92 Å². The summed E-state index contributed by atoms with van der Waals surface area (Å²) in [6, 6.07) is 0.252. The van der Waals surface area contributed by atoms with Gasteiger partial charge in [0, 0.05) is 6.04 Å². The molecule has 0 aromatic carbocycles.